The summed E-state index contributed by atoms with van der Waals surface area (Å²) in [6, 6.07) is 18.2. The van der Waals surface area contributed by atoms with E-state index in [4.69, 9.17) is 11.6 Å². The molecule has 3 N–H and O–H groups in total. The SMILES string of the molecule is O=C(CNc1ccccc1Cl)NN=Cc1c(O)ccc2ccccc12. The van der Waals surface area contributed by atoms with Gasteiger partial charge in [0, 0.05) is 5.56 Å². The van der Waals surface area contributed by atoms with Gasteiger partial charge in [0.1, 0.15) is 5.75 Å². The predicted molar refractivity (Wildman–Crippen MR) is 101 cm³/mol. The van der Waals surface area contributed by atoms with Crippen LogP contribution in [-0.2, 0) is 4.79 Å². The average Bonchev–Trinajstić information content (AvgIpc) is 2.63. The number of hydrogen-bond acceptors (Lipinski definition) is 4. The van der Waals surface area contributed by atoms with Crippen LogP contribution in [0.5, 0.6) is 5.75 Å². The second-order valence-corrected chi connectivity index (χ2v) is 5.75. The number of carbonyl (C=O) groups is 1. The van der Waals surface area contributed by atoms with Crippen LogP contribution in [0.15, 0.2) is 65.8 Å². The molecule has 25 heavy (non-hydrogen) atoms. The highest BCUT2D eigenvalue weighted by Gasteiger charge is 2.05. The van der Waals surface area contributed by atoms with E-state index in [-0.39, 0.29) is 18.2 Å². The van der Waals surface area contributed by atoms with E-state index in [1.807, 2.05) is 42.5 Å². The third-order valence-electron chi connectivity index (χ3n) is 3.64. The summed E-state index contributed by atoms with van der Waals surface area (Å²) in [5.41, 5.74) is 3.66. The summed E-state index contributed by atoms with van der Waals surface area (Å²) in [4.78, 5) is 11.9. The highest BCUT2D eigenvalue weighted by atomic mass is 35.5. The second-order valence-electron chi connectivity index (χ2n) is 5.35. The summed E-state index contributed by atoms with van der Waals surface area (Å²) in [7, 11) is 0. The fraction of sp³-hybridized carbons (Fsp3) is 0.0526. The minimum absolute atomic E-state index is 0.0304. The number of nitrogens with one attached hydrogen (secondary N) is 2. The topological polar surface area (TPSA) is 73.7 Å². The standard InChI is InChI=1S/C19H16ClN3O2/c20-16-7-3-4-8-17(16)21-12-19(25)23-22-11-15-14-6-2-1-5-13(14)9-10-18(15)24/h1-11,21,24H,12H2,(H,23,25). The Balaban J connectivity index is 1.64. The number of fused-ring (bicyclic) bond motifs is 1. The number of benzene rings is 3. The summed E-state index contributed by atoms with van der Waals surface area (Å²) in [6.07, 6.45) is 1.44. The quantitative estimate of drug-likeness (QED) is 0.483. The molecule has 0 fully saturated rings. The number of nitrogens with zero attached hydrogens (tertiary/aromatic N) is 1. The van der Waals surface area contributed by atoms with Crippen LogP contribution in [0.4, 0.5) is 5.69 Å². The van der Waals surface area contributed by atoms with Crippen LogP contribution in [-0.4, -0.2) is 23.8 Å². The second kappa shape index (κ2) is 7.68. The minimum Gasteiger partial charge on any atom is -0.507 e. The summed E-state index contributed by atoms with van der Waals surface area (Å²) < 4.78 is 0. The number of para-hydroxylation sites is 1. The molecule has 0 bridgehead atoms. The van der Waals surface area contributed by atoms with Gasteiger partial charge in [-0.2, -0.15) is 5.10 Å². The molecule has 3 aromatic carbocycles. The zero-order valence-electron chi connectivity index (χ0n) is 13.2. The van der Waals surface area contributed by atoms with Crippen LogP contribution in [0.25, 0.3) is 10.8 Å². The lowest BCUT2D eigenvalue weighted by molar-refractivity contribution is -0.119. The van der Waals surface area contributed by atoms with E-state index in [0.29, 0.717) is 16.3 Å². The molecule has 1 amide bonds. The van der Waals surface area contributed by atoms with Gasteiger partial charge in [0.2, 0.25) is 0 Å². The van der Waals surface area contributed by atoms with E-state index < -0.39 is 0 Å². The van der Waals surface area contributed by atoms with Crippen LogP contribution >= 0.6 is 11.6 Å². The maximum atomic E-state index is 11.9. The third-order valence-corrected chi connectivity index (χ3v) is 3.97. The van der Waals surface area contributed by atoms with E-state index in [1.54, 1.807) is 18.2 Å². The lowest BCUT2D eigenvalue weighted by Crippen LogP contribution is -2.25. The lowest BCUT2D eigenvalue weighted by Gasteiger charge is -2.07. The van der Waals surface area contributed by atoms with Crippen molar-refractivity contribution in [2.24, 2.45) is 5.10 Å². The van der Waals surface area contributed by atoms with Crippen molar-refractivity contribution < 1.29 is 9.90 Å². The van der Waals surface area contributed by atoms with Gasteiger partial charge >= 0.3 is 0 Å². The van der Waals surface area contributed by atoms with E-state index in [9.17, 15) is 9.90 Å². The molecule has 0 aliphatic carbocycles. The van der Waals surface area contributed by atoms with E-state index in [0.717, 1.165) is 10.8 Å². The van der Waals surface area contributed by atoms with Crippen molar-refractivity contribution in [1.82, 2.24) is 5.43 Å². The molecule has 0 aromatic heterocycles. The number of anilines is 1. The zero-order valence-corrected chi connectivity index (χ0v) is 14.0. The Morgan fingerprint density at radius 3 is 2.68 bits per heavy atom. The van der Waals surface area contributed by atoms with Gasteiger partial charge in [0.25, 0.3) is 5.91 Å². The summed E-state index contributed by atoms with van der Waals surface area (Å²) in [5, 5.41) is 19.3. The first-order valence-electron chi connectivity index (χ1n) is 7.66. The number of rotatable bonds is 5. The predicted octanol–water partition coefficient (Wildman–Crippen LogP) is 3.76. The average molecular weight is 354 g/mol. The van der Waals surface area contributed by atoms with Crippen LogP contribution in [0.1, 0.15) is 5.56 Å². The van der Waals surface area contributed by atoms with E-state index in [2.05, 4.69) is 15.8 Å². The van der Waals surface area contributed by atoms with Crippen molar-refractivity contribution in [2.45, 2.75) is 0 Å². The normalized spacial score (nSPS) is 10.9. The Kier molecular flexibility index (Phi) is 5.16. The van der Waals surface area contributed by atoms with Gasteiger partial charge in [-0.15, -0.1) is 0 Å². The fourth-order valence-corrected chi connectivity index (χ4v) is 2.61. The van der Waals surface area contributed by atoms with Gasteiger partial charge in [-0.3, -0.25) is 4.79 Å². The van der Waals surface area contributed by atoms with Crippen LogP contribution < -0.4 is 10.7 Å². The Bertz CT molecular complexity index is 941. The lowest BCUT2D eigenvalue weighted by atomic mass is 10.0. The molecule has 0 aliphatic rings. The van der Waals surface area contributed by atoms with Crippen molar-refractivity contribution in [3.8, 4) is 5.75 Å². The molecule has 0 unspecified atom stereocenters. The number of hydrazone groups is 1. The van der Waals surface area contributed by atoms with Crippen LogP contribution in [0, 0.1) is 0 Å². The maximum absolute atomic E-state index is 11.9. The van der Waals surface area contributed by atoms with Gasteiger partial charge < -0.3 is 10.4 Å². The molecule has 0 radical (unpaired) electrons. The number of phenols is 1. The number of phenolic OH excluding ortho intramolecular Hbond substituents is 1. The van der Waals surface area contributed by atoms with Crippen molar-refractivity contribution in [1.29, 1.82) is 0 Å². The smallest absolute Gasteiger partial charge is 0.259 e. The first-order chi connectivity index (χ1) is 12.1. The molecule has 3 aromatic rings. The maximum Gasteiger partial charge on any atom is 0.259 e. The zero-order chi connectivity index (χ0) is 17.6. The monoisotopic (exact) mass is 353 g/mol. The van der Waals surface area contributed by atoms with Crippen molar-refractivity contribution in [2.75, 3.05) is 11.9 Å². The number of aromatic hydroxyl groups is 1. The number of amides is 1. The molecule has 5 nitrogen and oxygen atoms in total. The van der Waals surface area contributed by atoms with Gasteiger partial charge in [-0.1, -0.05) is 54.1 Å². The van der Waals surface area contributed by atoms with Crippen LogP contribution in [0.3, 0.4) is 0 Å². The Labute approximate surface area is 149 Å². The summed E-state index contributed by atoms with van der Waals surface area (Å²) in [6.45, 7) is 0.0304. The largest absolute Gasteiger partial charge is 0.507 e. The van der Waals surface area contributed by atoms with Gasteiger partial charge in [0.15, 0.2) is 0 Å². The highest BCUT2D eigenvalue weighted by molar-refractivity contribution is 6.33. The Morgan fingerprint density at radius 1 is 1.08 bits per heavy atom. The molecule has 126 valence electrons. The van der Waals surface area contributed by atoms with E-state index >= 15 is 0 Å². The molecule has 0 aliphatic heterocycles. The highest BCUT2D eigenvalue weighted by Crippen LogP contribution is 2.25. The minimum atomic E-state index is -0.323. The van der Waals surface area contributed by atoms with E-state index in [1.165, 1.54) is 6.21 Å². The number of carbonyl (C=O) groups excluding carboxylic acids is 1. The third kappa shape index (κ3) is 4.08. The molecule has 0 saturated carbocycles. The van der Waals surface area contributed by atoms with Crippen LogP contribution in [0.2, 0.25) is 5.02 Å². The number of hydrogen-bond donors (Lipinski definition) is 3. The molecule has 3 rings (SSSR count). The van der Waals surface area contributed by atoms with Gasteiger partial charge in [0.05, 0.1) is 23.5 Å². The molecule has 0 atom stereocenters. The van der Waals surface area contributed by atoms with Crippen molar-refractivity contribution in [3.63, 3.8) is 0 Å². The molecular weight excluding hydrogens is 338 g/mol. The molecule has 0 spiro atoms. The number of halogens is 1. The first-order valence-corrected chi connectivity index (χ1v) is 8.04. The van der Waals surface area contributed by atoms with Crippen molar-refractivity contribution >= 4 is 40.2 Å². The van der Waals surface area contributed by atoms with Gasteiger partial charge in [-0.25, -0.2) is 5.43 Å². The summed E-state index contributed by atoms with van der Waals surface area (Å²) in [5.74, 6) is -0.221. The summed E-state index contributed by atoms with van der Waals surface area (Å²) >= 11 is 6.01. The Hall–Kier alpha value is -3.05. The molecular formula is C19H16ClN3O2. The first kappa shape index (κ1) is 16.8. The molecule has 0 heterocycles. The molecule has 0 saturated heterocycles. The van der Waals surface area contributed by atoms with Gasteiger partial charge in [-0.05, 0) is 29.0 Å². The Morgan fingerprint density at radius 2 is 1.84 bits per heavy atom. The van der Waals surface area contributed by atoms with Crippen molar-refractivity contribution in [3.05, 3.63) is 71.2 Å². The fourth-order valence-electron chi connectivity index (χ4n) is 2.41. The molecule has 6 heteroatoms.